The molecule has 2 atom stereocenters. The maximum absolute atomic E-state index is 12.3. The van der Waals surface area contributed by atoms with Gasteiger partial charge in [-0.2, -0.15) is 0 Å². The molecule has 0 bridgehead atoms. The summed E-state index contributed by atoms with van der Waals surface area (Å²) in [6.45, 7) is 10.7. The number of aliphatic hydroxyl groups excluding tert-OH is 1. The van der Waals surface area contributed by atoms with Gasteiger partial charge in [0.1, 0.15) is 5.60 Å². The number of likely N-dealkylation sites (tertiary alicyclic amines) is 1. The van der Waals surface area contributed by atoms with Gasteiger partial charge in [-0.3, -0.25) is 0 Å². The molecule has 2 aliphatic heterocycles. The van der Waals surface area contributed by atoms with E-state index in [4.69, 9.17) is 9.47 Å². The topological polar surface area (TPSA) is 59.0 Å². The van der Waals surface area contributed by atoms with Crippen LogP contribution in [0.3, 0.4) is 0 Å². The number of ether oxygens (including phenoxy) is 2. The molecule has 0 aromatic rings. The molecule has 1 spiro atoms. The Morgan fingerprint density at radius 2 is 2.05 bits per heavy atom. The van der Waals surface area contributed by atoms with E-state index in [2.05, 4.69) is 0 Å². The van der Waals surface area contributed by atoms with Crippen molar-refractivity contribution in [2.75, 3.05) is 13.2 Å². The lowest BCUT2D eigenvalue weighted by molar-refractivity contribution is -0.0900. The van der Waals surface area contributed by atoms with Crippen molar-refractivity contribution in [1.82, 2.24) is 4.90 Å². The lowest BCUT2D eigenvalue weighted by Crippen LogP contribution is -2.59. The molecule has 1 amide bonds. The van der Waals surface area contributed by atoms with Crippen molar-refractivity contribution in [1.29, 1.82) is 0 Å². The Morgan fingerprint density at radius 3 is 2.50 bits per heavy atom. The van der Waals surface area contributed by atoms with Crippen molar-refractivity contribution in [3.8, 4) is 0 Å². The van der Waals surface area contributed by atoms with Gasteiger partial charge in [0, 0.05) is 18.5 Å². The quantitative estimate of drug-likeness (QED) is 0.742. The third-order valence-corrected chi connectivity index (χ3v) is 4.08. The fourth-order valence-electron chi connectivity index (χ4n) is 3.36. The van der Waals surface area contributed by atoms with E-state index in [9.17, 15) is 9.90 Å². The molecule has 2 heterocycles. The van der Waals surface area contributed by atoms with Gasteiger partial charge in [-0.1, -0.05) is 0 Å². The molecule has 2 aliphatic rings. The highest BCUT2D eigenvalue weighted by Crippen LogP contribution is 2.43. The summed E-state index contributed by atoms with van der Waals surface area (Å²) in [6.07, 6.45) is 1.51. The van der Waals surface area contributed by atoms with E-state index in [0.29, 0.717) is 19.6 Å². The van der Waals surface area contributed by atoms with Crippen molar-refractivity contribution in [2.24, 2.45) is 0 Å². The Labute approximate surface area is 121 Å². The molecule has 116 valence electrons. The van der Waals surface area contributed by atoms with E-state index in [0.717, 1.165) is 12.8 Å². The van der Waals surface area contributed by atoms with Crippen LogP contribution in [0.2, 0.25) is 0 Å². The zero-order valence-corrected chi connectivity index (χ0v) is 13.2. The molecule has 1 N–H and O–H groups in total. The molecule has 0 aliphatic carbocycles. The summed E-state index contributed by atoms with van der Waals surface area (Å²) in [5, 5.41) is 9.71. The fraction of sp³-hybridized carbons (Fsp3) is 0.933. The first-order valence-electron chi connectivity index (χ1n) is 7.36. The molecule has 5 nitrogen and oxygen atoms in total. The van der Waals surface area contributed by atoms with Crippen LogP contribution in [0.25, 0.3) is 0 Å². The predicted molar refractivity (Wildman–Crippen MR) is 75.6 cm³/mol. The van der Waals surface area contributed by atoms with Crippen LogP contribution in [0.5, 0.6) is 0 Å². The maximum atomic E-state index is 12.3. The second-order valence-corrected chi connectivity index (χ2v) is 7.72. The average molecular weight is 285 g/mol. The van der Waals surface area contributed by atoms with E-state index in [1.165, 1.54) is 0 Å². The molecule has 2 rings (SSSR count). The van der Waals surface area contributed by atoms with Gasteiger partial charge in [0.25, 0.3) is 0 Å². The Kier molecular flexibility index (Phi) is 3.80. The second-order valence-electron chi connectivity index (χ2n) is 7.72. The summed E-state index contributed by atoms with van der Waals surface area (Å²) < 4.78 is 11.3. The zero-order valence-electron chi connectivity index (χ0n) is 13.2. The Morgan fingerprint density at radius 1 is 1.40 bits per heavy atom. The molecule has 2 unspecified atom stereocenters. The van der Waals surface area contributed by atoms with Crippen LogP contribution in [0.4, 0.5) is 4.79 Å². The summed E-state index contributed by atoms with van der Waals surface area (Å²) in [7, 11) is 0. The number of aliphatic hydroxyl groups is 1. The Hall–Kier alpha value is -0.810. The molecule has 5 heteroatoms. The number of hydrogen-bond acceptors (Lipinski definition) is 4. The Balaban J connectivity index is 2.06. The first-order chi connectivity index (χ1) is 9.03. The molecule has 2 fully saturated rings. The largest absolute Gasteiger partial charge is 0.444 e. The van der Waals surface area contributed by atoms with Gasteiger partial charge in [-0.05, 0) is 47.5 Å². The summed E-state index contributed by atoms with van der Waals surface area (Å²) in [4.78, 5) is 14.1. The van der Waals surface area contributed by atoms with E-state index < -0.39 is 5.60 Å². The highest BCUT2D eigenvalue weighted by Gasteiger charge is 2.50. The van der Waals surface area contributed by atoms with Crippen LogP contribution in [0, 0.1) is 0 Å². The minimum atomic E-state index is -0.484. The standard InChI is InChI=1S/C15H27NO4/c1-13(2,3)20-12(18)16-7-6-15(10-14(16,4)5)8-11(17)9-19-15/h11,17H,6-10H2,1-5H3. The van der Waals surface area contributed by atoms with E-state index >= 15 is 0 Å². The third-order valence-electron chi connectivity index (χ3n) is 4.08. The summed E-state index contributed by atoms with van der Waals surface area (Å²) in [6, 6.07) is 0. The van der Waals surface area contributed by atoms with E-state index in [1.54, 1.807) is 4.90 Å². The minimum absolute atomic E-state index is 0.268. The highest BCUT2D eigenvalue weighted by molar-refractivity contribution is 5.69. The van der Waals surface area contributed by atoms with Crippen molar-refractivity contribution in [3.05, 3.63) is 0 Å². The fourth-order valence-corrected chi connectivity index (χ4v) is 3.36. The Bertz CT molecular complexity index is 388. The molecule has 20 heavy (non-hydrogen) atoms. The highest BCUT2D eigenvalue weighted by atomic mass is 16.6. The van der Waals surface area contributed by atoms with Crippen LogP contribution in [-0.4, -0.2) is 52.1 Å². The van der Waals surface area contributed by atoms with Gasteiger partial charge in [0.05, 0.1) is 18.3 Å². The molecule has 0 aromatic heterocycles. The first-order valence-corrected chi connectivity index (χ1v) is 7.36. The smallest absolute Gasteiger partial charge is 0.410 e. The number of hydrogen-bond donors (Lipinski definition) is 1. The van der Waals surface area contributed by atoms with Gasteiger partial charge < -0.3 is 19.5 Å². The summed E-state index contributed by atoms with van der Waals surface area (Å²) in [5.41, 5.74) is -1.09. The number of nitrogens with zero attached hydrogens (tertiary/aromatic N) is 1. The van der Waals surface area contributed by atoms with Crippen molar-refractivity contribution < 1.29 is 19.4 Å². The zero-order chi connectivity index (χ0) is 15.2. The van der Waals surface area contributed by atoms with Crippen molar-refractivity contribution in [3.63, 3.8) is 0 Å². The molecular weight excluding hydrogens is 258 g/mol. The van der Waals surface area contributed by atoms with Crippen molar-refractivity contribution >= 4 is 6.09 Å². The van der Waals surface area contributed by atoms with Gasteiger partial charge in [0.15, 0.2) is 0 Å². The first kappa shape index (κ1) is 15.6. The van der Waals surface area contributed by atoms with Crippen LogP contribution in [-0.2, 0) is 9.47 Å². The number of piperidine rings is 1. The van der Waals surface area contributed by atoms with Crippen molar-refractivity contribution in [2.45, 2.75) is 76.7 Å². The molecule has 0 aromatic carbocycles. The molecular formula is C15H27NO4. The number of carbonyl (C=O) groups is 1. The normalized spacial score (nSPS) is 33.5. The van der Waals surface area contributed by atoms with E-state index in [1.807, 2.05) is 34.6 Å². The van der Waals surface area contributed by atoms with Gasteiger partial charge >= 0.3 is 6.09 Å². The predicted octanol–water partition coefficient (Wildman–Crippen LogP) is 2.32. The van der Waals surface area contributed by atoms with Gasteiger partial charge in [-0.25, -0.2) is 4.79 Å². The number of amides is 1. The second kappa shape index (κ2) is 4.88. The lowest BCUT2D eigenvalue weighted by Gasteiger charge is -2.49. The van der Waals surface area contributed by atoms with Gasteiger partial charge in [0.2, 0.25) is 0 Å². The van der Waals surface area contributed by atoms with Gasteiger partial charge in [-0.15, -0.1) is 0 Å². The SMILES string of the molecule is CC(C)(C)OC(=O)N1CCC2(CC(O)CO2)CC1(C)C. The van der Waals surface area contributed by atoms with E-state index in [-0.39, 0.29) is 23.3 Å². The molecule has 0 radical (unpaired) electrons. The van der Waals surface area contributed by atoms with Crippen LogP contribution < -0.4 is 0 Å². The van der Waals surface area contributed by atoms with Crippen LogP contribution in [0.15, 0.2) is 0 Å². The number of rotatable bonds is 0. The van der Waals surface area contributed by atoms with Crippen LogP contribution >= 0.6 is 0 Å². The average Bonchev–Trinajstić information content (AvgIpc) is 2.55. The maximum Gasteiger partial charge on any atom is 0.410 e. The molecule has 2 saturated heterocycles. The lowest BCUT2D eigenvalue weighted by atomic mass is 9.77. The van der Waals surface area contributed by atoms with Crippen LogP contribution in [0.1, 0.15) is 53.9 Å². The molecule has 0 saturated carbocycles. The number of carbonyl (C=O) groups excluding carboxylic acids is 1. The summed E-state index contributed by atoms with van der Waals surface area (Å²) in [5.74, 6) is 0. The summed E-state index contributed by atoms with van der Waals surface area (Å²) >= 11 is 0. The minimum Gasteiger partial charge on any atom is -0.444 e. The third kappa shape index (κ3) is 3.26. The monoisotopic (exact) mass is 285 g/mol.